The van der Waals surface area contributed by atoms with Gasteiger partial charge < -0.3 is 15.2 Å². The van der Waals surface area contributed by atoms with E-state index in [1.165, 1.54) is 0 Å². The van der Waals surface area contributed by atoms with Crippen LogP contribution in [0.5, 0.6) is 5.75 Å². The monoisotopic (exact) mass is 246 g/mol. The Morgan fingerprint density at radius 3 is 3.00 bits per heavy atom. The highest BCUT2D eigenvalue weighted by Crippen LogP contribution is 2.28. The van der Waals surface area contributed by atoms with Crippen molar-refractivity contribution in [3.8, 4) is 5.75 Å². The van der Waals surface area contributed by atoms with Crippen LogP contribution in [0, 0.1) is 0 Å². The summed E-state index contributed by atoms with van der Waals surface area (Å²) in [4.78, 5) is 4.74. The van der Waals surface area contributed by atoms with E-state index >= 15 is 0 Å². The number of hydrogen-bond donors (Lipinski definition) is 2. The molecule has 1 aliphatic carbocycles. The summed E-state index contributed by atoms with van der Waals surface area (Å²) >= 11 is 0. The van der Waals surface area contributed by atoms with Gasteiger partial charge in [0.2, 0.25) is 0 Å². The molecule has 0 spiro atoms. The summed E-state index contributed by atoms with van der Waals surface area (Å²) in [5.74, 6) is 1.74. The molecule has 4 heteroatoms. The predicted molar refractivity (Wildman–Crippen MR) is 70.1 cm³/mol. The van der Waals surface area contributed by atoms with Crippen molar-refractivity contribution < 1.29 is 9.84 Å². The van der Waals surface area contributed by atoms with E-state index in [1.807, 2.05) is 24.3 Å². The molecule has 2 N–H and O–H groups in total. The number of ether oxygens (including phenoxy) is 1. The normalized spacial score (nSPS) is 30.3. The summed E-state index contributed by atoms with van der Waals surface area (Å²) in [5, 5.41) is 13.1. The Morgan fingerprint density at radius 1 is 1.33 bits per heavy atom. The van der Waals surface area contributed by atoms with Crippen LogP contribution in [0.15, 0.2) is 29.3 Å². The zero-order valence-corrected chi connectivity index (χ0v) is 10.5. The van der Waals surface area contributed by atoms with Crippen LogP contribution in [0.25, 0.3) is 0 Å². The lowest BCUT2D eigenvalue weighted by Crippen LogP contribution is -2.41. The number of hydrogen-bond acceptors (Lipinski definition) is 4. The summed E-state index contributed by atoms with van der Waals surface area (Å²) in [6.45, 7) is 0. The molecular formula is C14H18N2O2. The largest absolute Gasteiger partial charge is 0.496 e. The number of aliphatic hydroxyl groups is 1. The summed E-state index contributed by atoms with van der Waals surface area (Å²) in [6, 6.07) is 8.46. The van der Waals surface area contributed by atoms with Crippen molar-refractivity contribution in [2.75, 3.05) is 7.11 Å². The number of aliphatic hydroxyl groups excluding tert-OH is 1. The minimum atomic E-state index is -0.189. The van der Waals surface area contributed by atoms with Crippen LogP contribution in [-0.2, 0) is 0 Å². The fourth-order valence-corrected chi connectivity index (χ4v) is 2.81. The summed E-state index contributed by atoms with van der Waals surface area (Å²) < 4.78 is 5.36. The highest BCUT2D eigenvalue weighted by atomic mass is 16.5. The highest BCUT2D eigenvalue weighted by Gasteiger charge is 2.35. The van der Waals surface area contributed by atoms with Gasteiger partial charge in [0.25, 0.3) is 0 Å². The Labute approximate surface area is 107 Å². The van der Waals surface area contributed by atoms with Gasteiger partial charge in [0.05, 0.1) is 30.9 Å². The molecule has 0 saturated heterocycles. The predicted octanol–water partition coefficient (Wildman–Crippen LogP) is 1.33. The fraction of sp³-hybridized carbons (Fsp3) is 0.500. The van der Waals surface area contributed by atoms with E-state index in [-0.39, 0.29) is 12.1 Å². The SMILES string of the molecule is COc1ccccc1C1=NC2CCC(O)CC2N1. The smallest absolute Gasteiger partial charge is 0.132 e. The molecule has 1 saturated carbocycles. The topological polar surface area (TPSA) is 53.9 Å². The van der Waals surface area contributed by atoms with Gasteiger partial charge in [-0.3, -0.25) is 4.99 Å². The van der Waals surface area contributed by atoms with Crippen LogP contribution in [0.1, 0.15) is 24.8 Å². The van der Waals surface area contributed by atoms with Crippen molar-refractivity contribution in [1.29, 1.82) is 0 Å². The molecule has 1 aliphatic heterocycles. The standard InChI is InChI=1S/C14H18N2O2/c1-18-13-5-3-2-4-10(13)14-15-11-7-6-9(17)8-12(11)16-14/h2-5,9,11-12,17H,6-8H2,1H3,(H,15,16). The first-order valence-corrected chi connectivity index (χ1v) is 6.43. The fourth-order valence-electron chi connectivity index (χ4n) is 2.81. The molecule has 1 fully saturated rings. The number of benzene rings is 1. The van der Waals surface area contributed by atoms with Crippen molar-refractivity contribution >= 4 is 5.84 Å². The second kappa shape index (κ2) is 4.61. The molecule has 1 aromatic rings. The van der Waals surface area contributed by atoms with Gasteiger partial charge in [0.15, 0.2) is 0 Å². The zero-order chi connectivity index (χ0) is 12.5. The molecule has 0 aromatic heterocycles. The Kier molecular flexibility index (Phi) is 2.96. The molecule has 4 nitrogen and oxygen atoms in total. The van der Waals surface area contributed by atoms with Gasteiger partial charge in [0.1, 0.15) is 11.6 Å². The number of rotatable bonds is 2. The third-order valence-electron chi connectivity index (χ3n) is 3.77. The van der Waals surface area contributed by atoms with Gasteiger partial charge in [-0.05, 0) is 31.4 Å². The van der Waals surface area contributed by atoms with Gasteiger partial charge in [-0.1, -0.05) is 12.1 Å². The van der Waals surface area contributed by atoms with E-state index in [0.717, 1.165) is 36.4 Å². The third kappa shape index (κ3) is 1.97. The van der Waals surface area contributed by atoms with Crippen molar-refractivity contribution in [3.05, 3.63) is 29.8 Å². The maximum Gasteiger partial charge on any atom is 0.132 e. The quantitative estimate of drug-likeness (QED) is 0.827. The molecule has 2 aliphatic rings. The maximum absolute atomic E-state index is 9.70. The van der Waals surface area contributed by atoms with E-state index in [1.54, 1.807) is 7.11 Å². The number of nitrogens with one attached hydrogen (secondary N) is 1. The number of amidine groups is 1. The van der Waals surface area contributed by atoms with Crippen LogP contribution in [0.3, 0.4) is 0 Å². The summed E-state index contributed by atoms with van der Waals surface area (Å²) in [6.07, 6.45) is 2.40. The van der Waals surface area contributed by atoms with Gasteiger partial charge >= 0.3 is 0 Å². The Bertz CT molecular complexity index is 473. The number of fused-ring (bicyclic) bond motifs is 1. The average Bonchev–Trinajstić information content (AvgIpc) is 2.81. The van der Waals surface area contributed by atoms with Crippen molar-refractivity contribution in [3.63, 3.8) is 0 Å². The molecule has 3 atom stereocenters. The van der Waals surface area contributed by atoms with Crippen LogP contribution in [-0.4, -0.2) is 36.2 Å². The first kappa shape index (κ1) is 11.5. The van der Waals surface area contributed by atoms with E-state index in [0.29, 0.717) is 6.04 Å². The van der Waals surface area contributed by atoms with E-state index in [2.05, 4.69) is 5.32 Å². The number of nitrogens with zero attached hydrogens (tertiary/aromatic N) is 1. The number of methoxy groups -OCH3 is 1. The lowest BCUT2D eigenvalue weighted by molar-refractivity contribution is 0.112. The van der Waals surface area contributed by atoms with Gasteiger partial charge in [-0.2, -0.15) is 0 Å². The van der Waals surface area contributed by atoms with Gasteiger partial charge in [0, 0.05) is 0 Å². The second-order valence-corrected chi connectivity index (χ2v) is 4.96. The minimum Gasteiger partial charge on any atom is -0.496 e. The lowest BCUT2D eigenvalue weighted by Gasteiger charge is -2.27. The molecule has 1 heterocycles. The van der Waals surface area contributed by atoms with Crippen molar-refractivity contribution in [1.82, 2.24) is 5.32 Å². The lowest BCUT2D eigenvalue weighted by atomic mass is 9.90. The molecule has 3 unspecified atom stereocenters. The zero-order valence-electron chi connectivity index (χ0n) is 10.5. The molecule has 0 bridgehead atoms. The van der Waals surface area contributed by atoms with Crippen LogP contribution >= 0.6 is 0 Å². The van der Waals surface area contributed by atoms with Crippen LogP contribution in [0.2, 0.25) is 0 Å². The average molecular weight is 246 g/mol. The number of para-hydroxylation sites is 1. The Morgan fingerprint density at radius 2 is 2.17 bits per heavy atom. The molecule has 3 rings (SSSR count). The molecule has 96 valence electrons. The molecule has 18 heavy (non-hydrogen) atoms. The van der Waals surface area contributed by atoms with Gasteiger partial charge in [-0.15, -0.1) is 0 Å². The van der Waals surface area contributed by atoms with Gasteiger partial charge in [-0.25, -0.2) is 0 Å². The third-order valence-corrected chi connectivity index (χ3v) is 3.77. The molecular weight excluding hydrogens is 228 g/mol. The van der Waals surface area contributed by atoms with E-state index in [4.69, 9.17) is 9.73 Å². The second-order valence-electron chi connectivity index (χ2n) is 4.96. The Hall–Kier alpha value is -1.55. The minimum absolute atomic E-state index is 0.189. The Balaban J connectivity index is 1.86. The first-order chi connectivity index (χ1) is 8.78. The first-order valence-electron chi connectivity index (χ1n) is 6.43. The highest BCUT2D eigenvalue weighted by molar-refractivity contribution is 6.02. The summed E-state index contributed by atoms with van der Waals surface area (Å²) in [7, 11) is 1.67. The van der Waals surface area contributed by atoms with E-state index < -0.39 is 0 Å². The molecule has 0 radical (unpaired) electrons. The van der Waals surface area contributed by atoms with E-state index in [9.17, 15) is 5.11 Å². The van der Waals surface area contributed by atoms with Crippen molar-refractivity contribution in [2.24, 2.45) is 4.99 Å². The van der Waals surface area contributed by atoms with Crippen LogP contribution in [0.4, 0.5) is 0 Å². The maximum atomic E-state index is 9.70. The van der Waals surface area contributed by atoms with Crippen LogP contribution < -0.4 is 10.1 Å². The molecule has 0 amide bonds. The van der Waals surface area contributed by atoms with Crippen molar-refractivity contribution in [2.45, 2.75) is 37.5 Å². The summed E-state index contributed by atoms with van der Waals surface area (Å²) in [5.41, 5.74) is 1.00. The number of aliphatic imine (C=N–C) groups is 1. The molecule has 1 aromatic carbocycles.